The van der Waals surface area contributed by atoms with Gasteiger partial charge in [-0.1, -0.05) is 41.0 Å². The molecule has 2 heteroatoms. The highest BCUT2D eigenvalue weighted by Gasteiger charge is 2.24. The number of unbranched alkanes of at least 4 members (excludes halogenated alkanes) is 1. The average Bonchev–Trinajstić information content (AvgIpc) is 2.35. The molecule has 0 aromatic carbocycles. The van der Waals surface area contributed by atoms with E-state index in [9.17, 15) is 0 Å². The first-order valence-corrected chi connectivity index (χ1v) is 9.59. The average molecular weight is 323 g/mol. The van der Waals surface area contributed by atoms with Gasteiger partial charge in [0.2, 0.25) is 0 Å². The number of nitrogens with zero attached hydrogens (tertiary/aromatic N) is 2. The quantitative estimate of drug-likeness (QED) is 0.303. The summed E-state index contributed by atoms with van der Waals surface area (Å²) in [6.07, 6.45) is 5.93. The third kappa shape index (κ3) is 11.5. The van der Waals surface area contributed by atoms with E-state index < -0.39 is 0 Å². The van der Waals surface area contributed by atoms with Gasteiger partial charge in [0.25, 0.3) is 0 Å². The van der Waals surface area contributed by atoms with Crippen LogP contribution in [0.4, 0.5) is 0 Å². The Kier molecular flexibility index (Phi) is 10.7. The summed E-state index contributed by atoms with van der Waals surface area (Å²) in [5.41, 5.74) is 2.66. The van der Waals surface area contributed by atoms with E-state index in [1.165, 1.54) is 30.7 Å². The van der Waals surface area contributed by atoms with Gasteiger partial charge < -0.3 is 0 Å². The van der Waals surface area contributed by atoms with Gasteiger partial charge in [-0.15, -0.1) is 0 Å². The first-order chi connectivity index (χ1) is 10.5. The van der Waals surface area contributed by atoms with Crippen molar-refractivity contribution < 1.29 is 0 Å². The van der Waals surface area contributed by atoms with Crippen LogP contribution in [-0.2, 0) is 0 Å². The summed E-state index contributed by atoms with van der Waals surface area (Å²) < 4.78 is 0. The first-order valence-electron chi connectivity index (χ1n) is 9.59. The molecule has 1 atom stereocenters. The third-order valence-electron chi connectivity index (χ3n) is 4.52. The van der Waals surface area contributed by atoms with E-state index in [1.54, 1.807) is 0 Å². The monoisotopic (exact) mass is 322 g/mol. The van der Waals surface area contributed by atoms with Crippen LogP contribution in [0.25, 0.3) is 0 Å². The molecule has 0 aliphatic rings. The SMILES string of the molecule is CC(CC(C)C)=NCCCCC(C)C(C)(C)N=C(C)CC(C)C. The molecule has 0 fully saturated rings. The van der Waals surface area contributed by atoms with Crippen molar-refractivity contribution in [2.24, 2.45) is 27.7 Å². The fraction of sp³-hybridized carbons (Fsp3) is 0.905. The lowest BCUT2D eigenvalue weighted by Gasteiger charge is -2.29. The fourth-order valence-electron chi connectivity index (χ4n) is 3.08. The molecule has 0 rings (SSSR count). The van der Waals surface area contributed by atoms with E-state index >= 15 is 0 Å². The maximum atomic E-state index is 5.00. The second kappa shape index (κ2) is 11.0. The Bertz CT molecular complexity index is 375. The second-order valence-electron chi connectivity index (χ2n) is 8.71. The molecule has 2 nitrogen and oxygen atoms in total. The van der Waals surface area contributed by atoms with E-state index in [-0.39, 0.29) is 5.54 Å². The molecule has 0 N–H and O–H groups in total. The molecule has 0 aromatic rings. The largest absolute Gasteiger partial charge is 0.294 e. The molecular weight excluding hydrogens is 280 g/mol. The summed E-state index contributed by atoms with van der Waals surface area (Å²) in [6, 6.07) is 0. The molecule has 136 valence electrons. The van der Waals surface area contributed by atoms with Crippen molar-refractivity contribution in [2.45, 2.75) is 100.0 Å². The summed E-state index contributed by atoms with van der Waals surface area (Å²) in [4.78, 5) is 9.69. The van der Waals surface area contributed by atoms with Gasteiger partial charge in [-0.3, -0.25) is 9.98 Å². The zero-order valence-electron chi connectivity index (χ0n) is 17.4. The first kappa shape index (κ1) is 22.3. The molecule has 0 heterocycles. The maximum Gasteiger partial charge on any atom is 0.0576 e. The topological polar surface area (TPSA) is 24.7 Å². The van der Waals surface area contributed by atoms with Crippen molar-refractivity contribution in [1.82, 2.24) is 0 Å². The minimum Gasteiger partial charge on any atom is -0.294 e. The maximum absolute atomic E-state index is 5.00. The van der Waals surface area contributed by atoms with Gasteiger partial charge in [0, 0.05) is 18.0 Å². The van der Waals surface area contributed by atoms with Gasteiger partial charge in [0.15, 0.2) is 0 Å². The normalized spacial score (nSPS) is 15.6. The number of hydrogen-bond donors (Lipinski definition) is 0. The highest BCUT2D eigenvalue weighted by Crippen LogP contribution is 2.26. The highest BCUT2D eigenvalue weighted by molar-refractivity contribution is 5.82. The number of hydrogen-bond acceptors (Lipinski definition) is 2. The minimum absolute atomic E-state index is 0.0514. The van der Waals surface area contributed by atoms with E-state index in [4.69, 9.17) is 9.98 Å². The van der Waals surface area contributed by atoms with Gasteiger partial charge in [-0.25, -0.2) is 0 Å². The van der Waals surface area contributed by atoms with E-state index in [0.29, 0.717) is 17.8 Å². The molecule has 0 saturated carbocycles. The Balaban J connectivity index is 4.20. The standard InChI is InChI=1S/C21H42N2/c1-16(2)14-19(6)22-13-11-10-12-18(5)21(8,9)23-20(7)15-17(3)4/h16-18H,10-15H2,1-9H3. The predicted molar refractivity (Wildman–Crippen MR) is 107 cm³/mol. The molecule has 0 saturated heterocycles. The fourth-order valence-corrected chi connectivity index (χ4v) is 3.08. The third-order valence-corrected chi connectivity index (χ3v) is 4.52. The molecule has 0 bridgehead atoms. The van der Waals surface area contributed by atoms with Crippen LogP contribution < -0.4 is 0 Å². The Hall–Kier alpha value is -0.660. The smallest absolute Gasteiger partial charge is 0.0576 e. The van der Waals surface area contributed by atoms with Crippen LogP contribution in [0, 0.1) is 17.8 Å². The van der Waals surface area contributed by atoms with E-state index in [2.05, 4.69) is 62.3 Å². The molecule has 1 unspecified atom stereocenters. The summed E-state index contributed by atoms with van der Waals surface area (Å²) >= 11 is 0. The van der Waals surface area contributed by atoms with Gasteiger partial charge in [-0.05, 0) is 71.1 Å². The molecule has 0 aliphatic heterocycles. The molecule has 0 spiro atoms. The number of aliphatic imine (C=N–C) groups is 2. The lowest BCUT2D eigenvalue weighted by Crippen LogP contribution is -2.28. The zero-order chi connectivity index (χ0) is 18.0. The van der Waals surface area contributed by atoms with Crippen molar-refractivity contribution in [1.29, 1.82) is 0 Å². The van der Waals surface area contributed by atoms with Crippen molar-refractivity contribution >= 4 is 11.4 Å². The van der Waals surface area contributed by atoms with Crippen LogP contribution >= 0.6 is 0 Å². The van der Waals surface area contributed by atoms with E-state index in [1.807, 2.05) is 0 Å². The van der Waals surface area contributed by atoms with Crippen molar-refractivity contribution in [2.75, 3.05) is 6.54 Å². The Morgan fingerprint density at radius 1 is 0.826 bits per heavy atom. The Morgan fingerprint density at radius 2 is 1.35 bits per heavy atom. The van der Waals surface area contributed by atoms with Crippen molar-refractivity contribution in [3.63, 3.8) is 0 Å². The lowest BCUT2D eigenvalue weighted by molar-refractivity contribution is 0.320. The van der Waals surface area contributed by atoms with Crippen LogP contribution in [0.3, 0.4) is 0 Å². The molecular formula is C21H42N2. The van der Waals surface area contributed by atoms with Gasteiger partial charge >= 0.3 is 0 Å². The Morgan fingerprint density at radius 3 is 1.87 bits per heavy atom. The molecule has 0 amide bonds. The lowest BCUT2D eigenvalue weighted by atomic mass is 9.85. The summed E-state index contributed by atoms with van der Waals surface area (Å²) in [5.74, 6) is 2.02. The Labute approximate surface area is 146 Å². The minimum atomic E-state index is 0.0514. The van der Waals surface area contributed by atoms with Gasteiger partial charge in [0.05, 0.1) is 5.54 Å². The molecule has 0 aliphatic carbocycles. The second-order valence-corrected chi connectivity index (χ2v) is 8.71. The van der Waals surface area contributed by atoms with Crippen LogP contribution in [0.15, 0.2) is 9.98 Å². The van der Waals surface area contributed by atoms with E-state index in [0.717, 1.165) is 19.4 Å². The van der Waals surface area contributed by atoms with Gasteiger partial charge in [-0.2, -0.15) is 0 Å². The summed E-state index contributed by atoms with van der Waals surface area (Å²) in [7, 11) is 0. The van der Waals surface area contributed by atoms with Crippen molar-refractivity contribution in [3.05, 3.63) is 0 Å². The van der Waals surface area contributed by atoms with Crippen molar-refractivity contribution in [3.8, 4) is 0 Å². The molecule has 23 heavy (non-hydrogen) atoms. The highest BCUT2D eigenvalue weighted by atomic mass is 14.9. The summed E-state index contributed by atoms with van der Waals surface area (Å²) in [5, 5.41) is 0. The molecule has 0 radical (unpaired) electrons. The van der Waals surface area contributed by atoms with Gasteiger partial charge in [0.1, 0.15) is 0 Å². The van der Waals surface area contributed by atoms with Crippen LogP contribution in [0.2, 0.25) is 0 Å². The number of rotatable bonds is 11. The van der Waals surface area contributed by atoms with Crippen LogP contribution in [-0.4, -0.2) is 23.5 Å². The predicted octanol–water partition coefficient (Wildman–Crippen LogP) is 6.59. The molecule has 0 aromatic heterocycles. The zero-order valence-corrected chi connectivity index (χ0v) is 17.4. The van der Waals surface area contributed by atoms with Crippen LogP contribution in [0.1, 0.15) is 94.4 Å². The van der Waals surface area contributed by atoms with Crippen LogP contribution in [0.5, 0.6) is 0 Å². The summed E-state index contributed by atoms with van der Waals surface area (Å²) in [6.45, 7) is 21.3.